The zero-order valence-corrected chi connectivity index (χ0v) is 16.4. The van der Waals surface area contributed by atoms with Crippen LogP contribution in [0.1, 0.15) is 41.8 Å². The lowest BCUT2D eigenvalue weighted by atomic mass is 10.1. The molecule has 1 aliphatic carbocycles. The third-order valence-electron chi connectivity index (χ3n) is 4.63. The number of aryl methyl sites for hydroxylation is 1. The topological polar surface area (TPSA) is 93.9 Å². The van der Waals surface area contributed by atoms with Crippen molar-refractivity contribution in [2.24, 2.45) is 0 Å². The fourth-order valence-electron chi connectivity index (χ4n) is 3.20. The van der Waals surface area contributed by atoms with Gasteiger partial charge in [0, 0.05) is 18.7 Å². The van der Waals surface area contributed by atoms with Crippen LogP contribution in [0.4, 0.5) is 5.82 Å². The molecule has 2 amide bonds. The smallest absolute Gasteiger partial charge is 0.254 e. The van der Waals surface area contributed by atoms with Crippen molar-refractivity contribution in [3.63, 3.8) is 0 Å². The van der Waals surface area contributed by atoms with E-state index in [1.54, 1.807) is 45.3 Å². The summed E-state index contributed by atoms with van der Waals surface area (Å²) in [5.74, 6) is 1.39. The SMILES string of the molecule is COc1cc(C(=O)N(C)CC(=O)Nc2cc(C)on2)ccc1OC1CCCC1. The van der Waals surface area contributed by atoms with Gasteiger partial charge in [-0.25, -0.2) is 0 Å². The zero-order chi connectivity index (χ0) is 20.1. The number of benzene rings is 1. The molecule has 3 rings (SSSR count). The van der Waals surface area contributed by atoms with Gasteiger partial charge in [0.05, 0.1) is 19.8 Å². The number of hydrogen-bond acceptors (Lipinski definition) is 6. The molecule has 1 heterocycles. The second-order valence-electron chi connectivity index (χ2n) is 6.92. The van der Waals surface area contributed by atoms with Crippen LogP contribution in [0.3, 0.4) is 0 Å². The third kappa shape index (κ3) is 4.82. The average Bonchev–Trinajstić information content (AvgIpc) is 3.33. The molecule has 1 aromatic heterocycles. The van der Waals surface area contributed by atoms with Crippen molar-refractivity contribution in [2.45, 2.75) is 38.7 Å². The monoisotopic (exact) mass is 387 g/mol. The van der Waals surface area contributed by atoms with E-state index >= 15 is 0 Å². The van der Waals surface area contributed by atoms with E-state index in [-0.39, 0.29) is 24.5 Å². The lowest BCUT2D eigenvalue weighted by molar-refractivity contribution is -0.116. The molecule has 1 N–H and O–H groups in total. The molecule has 1 aliphatic rings. The minimum atomic E-state index is -0.364. The predicted octanol–water partition coefficient (Wildman–Crippen LogP) is 3.02. The van der Waals surface area contributed by atoms with E-state index < -0.39 is 0 Å². The Morgan fingerprint density at radius 3 is 2.64 bits per heavy atom. The summed E-state index contributed by atoms with van der Waals surface area (Å²) in [6.07, 6.45) is 4.61. The Kier molecular flexibility index (Phi) is 6.18. The number of anilines is 1. The van der Waals surface area contributed by atoms with Gasteiger partial charge in [0.25, 0.3) is 5.91 Å². The molecule has 0 atom stereocenters. The number of carbonyl (C=O) groups is 2. The molecule has 0 saturated heterocycles. The number of nitrogens with one attached hydrogen (secondary N) is 1. The van der Waals surface area contributed by atoms with E-state index in [0.29, 0.717) is 28.6 Å². The zero-order valence-electron chi connectivity index (χ0n) is 16.4. The first-order valence-corrected chi connectivity index (χ1v) is 9.29. The Labute approximate surface area is 163 Å². The summed E-state index contributed by atoms with van der Waals surface area (Å²) in [4.78, 5) is 26.1. The van der Waals surface area contributed by atoms with Gasteiger partial charge >= 0.3 is 0 Å². The predicted molar refractivity (Wildman–Crippen MR) is 103 cm³/mol. The highest BCUT2D eigenvalue weighted by Crippen LogP contribution is 2.32. The minimum absolute atomic E-state index is 0.118. The van der Waals surface area contributed by atoms with E-state index in [0.717, 1.165) is 12.8 Å². The Morgan fingerprint density at radius 2 is 2.00 bits per heavy atom. The second kappa shape index (κ2) is 8.77. The Morgan fingerprint density at radius 1 is 1.25 bits per heavy atom. The van der Waals surface area contributed by atoms with Crippen LogP contribution < -0.4 is 14.8 Å². The Bertz CT molecular complexity index is 842. The molecule has 8 heteroatoms. The van der Waals surface area contributed by atoms with Crippen molar-refractivity contribution >= 4 is 17.6 Å². The summed E-state index contributed by atoms with van der Waals surface area (Å²) >= 11 is 0. The number of amides is 2. The van der Waals surface area contributed by atoms with Crippen LogP contribution in [0.2, 0.25) is 0 Å². The van der Waals surface area contributed by atoms with Crippen LogP contribution in [0.5, 0.6) is 11.5 Å². The van der Waals surface area contributed by atoms with E-state index in [1.807, 2.05) is 0 Å². The molecule has 150 valence electrons. The van der Waals surface area contributed by atoms with Crippen LogP contribution in [0, 0.1) is 6.92 Å². The molecule has 0 bridgehead atoms. The highest BCUT2D eigenvalue weighted by atomic mass is 16.5. The number of likely N-dealkylation sites (N-methyl/N-ethyl adjacent to an activating group) is 1. The largest absolute Gasteiger partial charge is 0.493 e. The van der Waals surface area contributed by atoms with Gasteiger partial charge < -0.3 is 24.2 Å². The first-order valence-electron chi connectivity index (χ1n) is 9.29. The van der Waals surface area contributed by atoms with Gasteiger partial charge in [-0.1, -0.05) is 5.16 Å². The number of carbonyl (C=O) groups excluding carboxylic acids is 2. The van der Waals surface area contributed by atoms with Crippen molar-refractivity contribution in [3.05, 3.63) is 35.6 Å². The number of methoxy groups -OCH3 is 1. The first kappa shape index (κ1) is 19.7. The van der Waals surface area contributed by atoms with Crippen LogP contribution in [-0.2, 0) is 4.79 Å². The fourth-order valence-corrected chi connectivity index (χ4v) is 3.20. The molecule has 0 aliphatic heterocycles. The van der Waals surface area contributed by atoms with Crippen molar-refractivity contribution in [1.29, 1.82) is 0 Å². The van der Waals surface area contributed by atoms with Crippen molar-refractivity contribution in [3.8, 4) is 11.5 Å². The average molecular weight is 387 g/mol. The van der Waals surface area contributed by atoms with Crippen molar-refractivity contribution < 1.29 is 23.6 Å². The van der Waals surface area contributed by atoms with Crippen LogP contribution in [0.25, 0.3) is 0 Å². The van der Waals surface area contributed by atoms with Gasteiger partial charge in [-0.15, -0.1) is 0 Å². The number of nitrogens with zero attached hydrogens (tertiary/aromatic N) is 2. The maximum Gasteiger partial charge on any atom is 0.254 e. The van der Waals surface area contributed by atoms with E-state index in [4.69, 9.17) is 14.0 Å². The van der Waals surface area contributed by atoms with Gasteiger partial charge in [-0.2, -0.15) is 0 Å². The van der Waals surface area contributed by atoms with Gasteiger partial charge in [0.1, 0.15) is 5.76 Å². The summed E-state index contributed by atoms with van der Waals surface area (Å²) < 4.78 is 16.3. The lowest BCUT2D eigenvalue weighted by Crippen LogP contribution is -2.35. The highest BCUT2D eigenvalue weighted by molar-refractivity contribution is 5.99. The summed E-state index contributed by atoms with van der Waals surface area (Å²) in [6, 6.07) is 6.68. The number of ether oxygens (including phenoxy) is 2. The lowest BCUT2D eigenvalue weighted by Gasteiger charge is -2.19. The maximum atomic E-state index is 12.7. The van der Waals surface area contributed by atoms with E-state index in [2.05, 4.69) is 10.5 Å². The first-order chi connectivity index (χ1) is 13.5. The Balaban J connectivity index is 1.62. The number of hydrogen-bond donors (Lipinski definition) is 1. The van der Waals surface area contributed by atoms with Gasteiger partial charge in [0.2, 0.25) is 5.91 Å². The van der Waals surface area contributed by atoms with E-state index in [9.17, 15) is 9.59 Å². The van der Waals surface area contributed by atoms with Gasteiger partial charge in [-0.3, -0.25) is 9.59 Å². The number of rotatable bonds is 7. The molecule has 0 radical (unpaired) electrons. The third-order valence-corrected chi connectivity index (χ3v) is 4.63. The van der Waals surface area contributed by atoms with Gasteiger partial charge in [0.15, 0.2) is 17.3 Å². The summed E-state index contributed by atoms with van der Waals surface area (Å²) in [5.41, 5.74) is 0.420. The maximum absolute atomic E-state index is 12.7. The number of aromatic nitrogens is 1. The summed E-state index contributed by atoms with van der Waals surface area (Å²) in [7, 11) is 3.10. The molecule has 1 saturated carbocycles. The minimum Gasteiger partial charge on any atom is -0.493 e. The normalized spacial score (nSPS) is 14.0. The quantitative estimate of drug-likeness (QED) is 0.785. The fraction of sp³-hybridized carbons (Fsp3) is 0.450. The summed E-state index contributed by atoms with van der Waals surface area (Å²) in [5, 5.41) is 6.29. The van der Waals surface area contributed by atoms with Gasteiger partial charge in [-0.05, 0) is 50.8 Å². The molecular formula is C20H25N3O5. The van der Waals surface area contributed by atoms with E-state index in [1.165, 1.54) is 17.7 Å². The Hall–Kier alpha value is -3.03. The molecule has 0 spiro atoms. The summed E-state index contributed by atoms with van der Waals surface area (Å²) in [6.45, 7) is 1.61. The second-order valence-corrected chi connectivity index (χ2v) is 6.92. The molecule has 2 aromatic rings. The van der Waals surface area contributed by atoms with Crippen LogP contribution in [0.15, 0.2) is 28.8 Å². The van der Waals surface area contributed by atoms with Crippen LogP contribution in [-0.4, -0.2) is 48.7 Å². The van der Waals surface area contributed by atoms with Crippen molar-refractivity contribution in [1.82, 2.24) is 10.1 Å². The highest BCUT2D eigenvalue weighted by Gasteiger charge is 2.21. The van der Waals surface area contributed by atoms with Crippen LogP contribution >= 0.6 is 0 Å². The molecule has 1 aromatic carbocycles. The molecule has 28 heavy (non-hydrogen) atoms. The molecular weight excluding hydrogens is 362 g/mol. The van der Waals surface area contributed by atoms with Crippen molar-refractivity contribution in [2.75, 3.05) is 26.0 Å². The molecule has 8 nitrogen and oxygen atoms in total. The molecule has 0 unspecified atom stereocenters. The molecule has 1 fully saturated rings. The standard InChI is InChI=1S/C20H25N3O5/c1-13-10-18(22-28-13)21-19(24)12-23(2)20(25)14-8-9-16(17(11-14)26-3)27-15-6-4-5-7-15/h8-11,15H,4-7,12H2,1-3H3,(H,21,22,24).